The Labute approximate surface area is 193 Å². The highest BCUT2D eigenvalue weighted by Crippen LogP contribution is 2.32. The number of hydrogen-bond acceptors (Lipinski definition) is 6. The van der Waals surface area contributed by atoms with E-state index in [-0.39, 0.29) is 17.0 Å². The summed E-state index contributed by atoms with van der Waals surface area (Å²) < 4.78 is 6.73. The summed E-state index contributed by atoms with van der Waals surface area (Å²) >= 11 is 6.72. The van der Waals surface area contributed by atoms with E-state index in [2.05, 4.69) is 42.4 Å². The number of nitro groups is 1. The largest absolute Gasteiger partial charge is 0.421 e. The molecule has 3 aromatic rings. The van der Waals surface area contributed by atoms with Gasteiger partial charge in [-0.3, -0.25) is 14.9 Å². The molecule has 0 fully saturated rings. The third-order valence-electron chi connectivity index (χ3n) is 3.95. The number of halogens is 2. The number of carbonyl (C=O) groups excluding carboxylic acids is 2. The van der Waals surface area contributed by atoms with Crippen LogP contribution in [-0.4, -0.2) is 23.0 Å². The molecule has 0 radical (unpaired) electrons. The molecule has 31 heavy (non-hydrogen) atoms. The first-order valence-electron chi connectivity index (χ1n) is 8.69. The molecule has 1 amide bonds. The molecular weight excluding hydrogens is 534 g/mol. The minimum Gasteiger partial charge on any atom is -0.421 e. The molecule has 10 heteroatoms. The topological polar surface area (TPSA) is 111 Å². The summed E-state index contributed by atoms with van der Waals surface area (Å²) in [7, 11) is 0. The Morgan fingerprint density at radius 1 is 1.00 bits per heavy atom. The summed E-state index contributed by atoms with van der Waals surface area (Å²) in [6.45, 7) is 0. The highest BCUT2D eigenvalue weighted by molar-refractivity contribution is 9.11. The lowest BCUT2D eigenvalue weighted by atomic mass is 10.2. The Balaban J connectivity index is 1.77. The number of hydrazone groups is 1. The standard InChI is InChI=1S/C21H13Br2N3O5/c22-16-10-15(12-24-25-20(27)13-6-8-17(9-7-13)26(29)30)19(18(23)11-16)31-21(28)14-4-2-1-3-5-14/h1-12H,(H,25,27)/b24-12-. The van der Waals surface area contributed by atoms with Crippen molar-refractivity contribution in [3.05, 3.63) is 102 Å². The van der Waals surface area contributed by atoms with Gasteiger partial charge in [0.1, 0.15) is 0 Å². The second-order valence-electron chi connectivity index (χ2n) is 6.06. The SMILES string of the molecule is O=C(N/N=C\c1cc(Br)cc(Br)c1OC(=O)c1ccccc1)c1ccc([N+](=O)[O-])cc1. The van der Waals surface area contributed by atoms with Crippen molar-refractivity contribution in [2.45, 2.75) is 0 Å². The number of amides is 1. The Bertz CT molecular complexity index is 1170. The van der Waals surface area contributed by atoms with Crippen LogP contribution in [0.25, 0.3) is 0 Å². The highest BCUT2D eigenvalue weighted by atomic mass is 79.9. The monoisotopic (exact) mass is 545 g/mol. The zero-order valence-electron chi connectivity index (χ0n) is 15.6. The van der Waals surface area contributed by atoms with Crippen LogP contribution < -0.4 is 10.2 Å². The van der Waals surface area contributed by atoms with E-state index in [1.165, 1.54) is 30.5 Å². The van der Waals surface area contributed by atoms with E-state index in [0.29, 0.717) is 20.1 Å². The second-order valence-corrected chi connectivity index (χ2v) is 7.83. The fourth-order valence-electron chi connectivity index (χ4n) is 2.47. The molecule has 8 nitrogen and oxygen atoms in total. The third kappa shape index (κ3) is 5.83. The summed E-state index contributed by atoms with van der Waals surface area (Å²) in [5.74, 6) is -0.874. The minimum absolute atomic E-state index is 0.121. The summed E-state index contributed by atoms with van der Waals surface area (Å²) in [6.07, 6.45) is 1.33. The maximum atomic E-state index is 12.4. The van der Waals surface area contributed by atoms with Gasteiger partial charge in [-0.2, -0.15) is 5.10 Å². The molecule has 0 heterocycles. The quantitative estimate of drug-likeness (QED) is 0.152. The fourth-order valence-corrected chi connectivity index (χ4v) is 3.81. The van der Waals surface area contributed by atoms with Gasteiger partial charge in [-0.25, -0.2) is 10.2 Å². The average molecular weight is 547 g/mol. The Morgan fingerprint density at radius 2 is 1.68 bits per heavy atom. The van der Waals surface area contributed by atoms with Gasteiger partial charge in [-0.15, -0.1) is 0 Å². The van der Waals surface area contributed by atoms with Gasteiger partial charge in [-0.05, 0) is 52.3 Å². The van der Waals surface area contributed by atoms with Crippen LogP contribution in [0.2, 0.25) is 0 Å². The predicted octanol–water partition coefficient (Wildman–Crippen LogP) is 5.10. The lowest BCUT2D eigenvalue weighted by molar-refractivity contribution is -0.384. The summed E-state index contributed by atoms with van der Waals surface area (Å²) in [5, 5.41) is 14.6. The molecule has 0 spiro atoms. The van der Waals surface area contributed by atoms with E-state index < -0.39 is 16.8 Å². The predicted molar refractivity (Wildman–Crippen MR) is 121 cm³/mol. The third-order valence-corrected chi connectivity index (χ3v) is 5.00. The van der Waals surface area contributed by atoms with Crippen LogP contribution in [0.5, 0.6) is 5.75 Å². The minimum atomic E-state index is -0.553. The highest BCUT2D eigenvalue weighted by Gasteiger charge is 2.15. The average Bonchev–Trinajstić information content (AvgIpc) is 2.76. The smallest absolute Gasteiger partial charge is 0.343 e. The normalized spacial score (nSPS) is 10.6. The van der Waals surface area contributed by atoms with Crippen LogP contribution >= 0.6 is 31.9 Å². The van der Waals surface area contributed by atoms with Gasteiger partial charge in [-0.1, -0.05) is 34.1 Å². The van der Waals surface area contributed by atoms with Gasteiger partial charge < -0.3 is 4.74 Å². The molecule has 156 valence electrons. The lowest BCUT2D eigenvalue weighted by Gasteiger charge is -2.10. The Morgan fingerprint density at radius 3 is 2.32 bits per heavy atom. The van der Waals surface area contributed by atoms with Gasteiger partial charge in [0, 0.05) is 27.7 Å². The number of rotatable bonds is 6. The number of nitro benzene ring substituents is 1. The van der Waals surface area contributed by atoms with Crippen molar-refractivity contribution in [1.82, 2.24) is 5.43 Å². The fraction of sp³-hybridized carbons (Fsp3) is 0. The molecule has 1 N–H and O–H groups in total. The number of nitrogens with one attached hydrogen (secondary N) is 1. The second kappa shape index (κ2) is 10.1. The first-order valence-corrected chi connectivity index (χ1v) is 10.3. The van der Waals surface area contributed by atoms with Crippen molar-refractivity contribution in [3.63, 3.8) is 0 Å². The van der Waals surface area contributed by atoms with Crippen LogP contribution in [0.4, 0.5) is 5.69 Å². The zero-order valence-corrected chi connectivity index (χ0v) is 18.8. The maximum Gasteiger partial charge on any atom is 0.343 e. The van der Waals surface area contributed by atoms with Gasteiger partial charge >= 0.3 is 5.97 Å². The van der Waals surface area contributed by atoms with Crippen LogP contribution in [0.15, 0.2) is 80.8 Å². The van der Waals surface area contributed by atoms with Gasteiger partial charge in [0.25, 0.3) is 11.6 Å². The van der Waals surface area contributed by atoms with Crippen molar-refractivity contribution >= 4 is 55.6 Å². The van der Waals surface area contributed by atoms with Gasteiger partial charge in [0.2, 0.25) is 0 Å². The molecule has 0 aliphatic rings. The van der Waals surface area contributed by atoms with E-state index in [4.69, 9.17) is 4.74 Å². The van der Waals surface area contributed by atoms with Crippen LogP contribution in [-0.2, 0) is 0 Å². The van der Waals surface area contributed by atoms with E-state index >= 15 is 0 Å². The van der Waals surface area contributed by atoms with E-state index in [1.807, 2.05) is 0 Å². The van der Waals surface area contributed by atoms with Crippen molar-refractivity contribution < 1.29 is 19.2 Å². The summed E-state index contributed by atoms with van der Waals surface area (Å²) in [4.78, 5) is 34.8. The molecule has 0 aliphatic heterocycles. The van der Waals surface area contributed by atoms with Crippen molar-refractivity contribution in [2.75, 3.05) is 0 Å². The molecular formula is C21H13Br2N3O5. The zero-order chi connectivity index (χ0) is 22.4. The number of non-ortho nitro benzene ring substituents is 1. The molecule has 3 rings (SSSR count). The van der Waals surface area contributed by atoms with Crippen molar-refractivity contribution in [1.29, 1.82) is 0 Å². The molecule has 0 saturated carbocycles. The van der Waals surface area contributed by atoms with Crippen LogP contribution in [0.3, 0.4) is 0 Å². The van der Waals surface area contributed by atoms with E-state index in [0.717, 1.165) is 0 Å². The number of esters is 1. The molecule has 0 unspecified atom stereocenters. The van der Waals surface area contributed by atoms with Gasteiger partial charge in [0.15, 0.2) is 5.75 Å². The molecule has 0 saturated heterocycles. The Kier molecular flexibility index (Phi) is 7.27. The number of hydrogen-bond donors (Lipinski definition) is 1. The maximum absolute atomic E-state index is 12.4. The number of benzene rings is 3. The molecule has 0 atom stereocenters. The summed E-state index contributed by atoms with van der Waals surface area (Å²) in [6, 6.07) is 17.0. The molecule has 3 aromatic carbocycles. The van der Waals surface area contributed by atoms with Crippen molar-refractivity contribution in [2.24, 2.45) is 5.10 Å². The number of nitrogens with zero attached hydrogens (tertiary/aromatic N) is 2. The number of ether oxygens (including phenoxy) is 1. The van der Waals surface area contributed by atoms with Crippen LogP contribution in [0, 0.1) is 10.1 Å². The molecule has 0 aliphatic carbocycles. The number of carbonyl (C=O) groups is 2. The van der Waals surface area contributed by atoms with Crippen molar-refractivity contribution in [3.8, 4) is 5.75 Å². The lowest BCUT2D eigenvalue weighted by Crippen LogP contribution is -2.17. The first kappa shape index (κ1) is 22.3. The van der Waals surface area contributed by atoms with Gasteiger partial charge in [0.05, 0.1) is 21.2 Å². The van der Waals surface area contributed by atoms with E-state index in [1.54, 1.807) is 42.5 Å². The van der Waals surface area contributed by atoms with Crippen LogP contribution in [0.1, 0.15) is 26.3 Å². The van der Waals surface area contributed by atoms with E-state index in [9.17, 15) is 19.7 Å². The summed E-state index contributed by atoms with van der Waals surface area (Å²) in [5.41, 5.74) is 3.22. The molecule has 0 aromatic heterocycles. The Hall–Kier alpha value is -3.37. The molecule has 0 bridgehead atoms. The first-order chi connectivity index (χ1) is 14.8.